The first-order valence-corrected chi connectivity index (χ1v) is 14.8. The van der Waals surface area contributed by atoms with Gasteiger partial charge in [-0.3, -0.25) is 14.7 Å². The highest BCUT2D eigenvalue weighted by Crippen LogP contribution is 2.50. The van der Waals surface area contributed by atoms with E-state index < -0.39 is 18.1 Å². The highest BCUT2D eigenvalue weighted by molar-refractivity contribution is 6.12. The van der Waals surface area contributed by atoms with Crippen LogP contribution in [0.3, 0.4) is 0 Å². The maximum absolute atomic E-state index is 13.6. The predicted molar refractivity (Wildman–Crippen MR) is 161 cm³/mol. The van der Waals surface area contributed by atoms with Gasteiger partial charge in [0, 0.05) is 30.6 Å². The second-order valence-electron chi connectivity index (χ2n) is 11.7. The van der Waals surface area contributed by atoms with Gasteiger partial charge in [-0.2, -0.15) is 13.2 Å². The Morgan fingerprint density at radius 3 is 2.55 bits per heavy atom. The van der Waals surface area contributed by atoms with E-state index in [0.29, 0.717) is 25.3 Å². The first-order valence-electron chi connectivity index (χ1n) is 14.8. The normalized spacial score (nSPS) is 20.4. The number of likely N-dealkylation sites (tertiary alicyclic amines) is 2. The van der Waals surface area contributed by atoms with Crippen LogP contribution in [0.15, 0.2) is 47.4 Å². The minimum Gasteiger partial charge on any atom is -0.478 e. The maximum Gasteiger partial charge on any atom is 0.401 e. The number of rotatable bonds is 9. The van der Waals surface area contributed by atoms with Crippen LogP contribution in [0.2, 0.25) is 0 Å². The number of halogens is 3. The van der Waals surface area contributed by atoms with Crippen molar-refractivity contribution in [3.8, 4) is 0 Å². The first-order chi connectivity index (χ1) is 20.1. The Morgan fingerprint density at radius 2 is 1.86 bits per heavy atom. The molecule has 0 N–H and O–H groups in total. The molecule has 0 atom stereocenters. The first kappa shape index (κ1) is 30.2. The number of pyridine rings is 1. The molecule has 10 heteroatoms. The molecule has 1 spiro atoms. The van der Waals surface area contributed by atoms with E-state index in [9.17, 15) is 18.0 Å². The Bertz CT molecular complexity index is 1370. The van der Waals surface area contributed by atoms with E-state index in [1.54, 1.807) is 18.1 Å². The molecule has 2 aromatic rings. The quantitative estimate of drug-likeness (QED) is 0.158. The van der Waals surface area contributed by atoms with Gasteiger partial charge < -0.3 is 14.5 Å². The zero-order valence-electron chi connectivity index (χ0n) is 24.6. The molecule has 3 aliphatic rings. The van der Waals surface area contributed by atoms with Gasteiger partial charge in [-0.1, -0.05) is 18.6 Å². The molecule has 0 saturated carbocycles. The van der Waals surface area contributed by atoms with Crippen LogP contribution in [0.25, 0.3) is 16.5 Å². The molecule has 42 heavy (non-hydrogen) atoms. The van der Waals surface area contributed by atoms with Crippen LogP contribution < -0.4 is 4.90 Å². The lowest BCUT2D eigenvalue weighted by atomic mass is 9.72. The maximum atomic E-state index is 13.6. The molecule has 1 amide bonds. The third kappa shape index (κ3) is 6.39. The number of aliphatic imine (C=N–C) groups is 1. The Morgan fingerprint density at radius 1 is 1.12 bits per heavy atom. The highest BCUT2D eigenvalue weighted by atomic mass is 19.4. The standard InChI is InChI=1S/C32H40F3N5O2/c1-23(8-11-28(36-2)42-19-7-16-39-14-5-4-6-15-39)24-9-10-26-25(20-24)29-27(21-37-26)38(3)30(41)31(29)12-17-40(18-13-31)22-32(33,34)35/h8-11,20-21H,2,4-7,12-19,22H2,1,3H3/b23-8+,28-11+. The molecular weight excluding hydrogens is 543 g/mol. The fourth-order valence-electron chi connectivity index (χ4n) is 6.62. The number of ether oxygens (including phenoxy) is 1. The van der Waals surface area contributed by atoms with E-state index in [1.807, 2.05) is 37.3 Å². The fraction of sp³-hybridized carbons (Fsp3) is 0.531. The highest BCUT2D eigenvalue weighted by Gasteiger charge is 2.52. The van der Waals surface area contributed by atoms with Crippen molar-refractivity contribution in [2.24, 2.45) is 4.99 Å². The van der Waals surface area contributed by atoms with Crippen LogP contribution in [0.4, 0.5) is 18.9 Å². The summed E-state index contributed by atoms with van der Waals surface area (Å²) in [5.41, 5.74) is 3.43. The fourth-order valence-corrected chi connectivity index (χ4v) is 6.62. The monoisotopic (exact) mass is 583 g/mol. The van der Waals surface area contributed by atoms with E-state index in [2.05, 4.69) is 21.6 Å². The van der Waals surface area contributed by atoms with Crippen molar-refractivity contribution < 1.29 is 22.7 Å². The summed E-state index contributed by atoms with van der Waals surface area (Å²) in [7, 11) is 1.72. The lowest BCUT2D eigenvalue weighted by Gasteiger charge is -2.38. The van der Waals surface area contributed by atoms with Crippen molar-refractivity contribution in [1.29, 1.82) is 0 Å². The lowest BCUT2D eigenvalue weighted by Crippen LogP contribution is -2.50. The molecule has 1 aromatic heterocycles. The molecule has 226 valence electrons. The summed E-state index contributed by atoms with van der Waals surface area (Å²) < 4.78 is 45.0. The SMILES string of the molecule is C=N/C(=C\C=C(/C)c1ccc2ncc3c(c2c1)C1(CCN(CC(F)(F)F)CC1)C(=O)N3C)OCCCN1CCCCC1. The molecule has 0 radical (unpaired) electrons. The zero-order valence-corrected chi connectivity index (χ0v) is 24.6. The van der Waals surface area contributed by atoms with E-state index >= 15 is 0 Å². The summed E-state index contributed by atoms with van der Waals surface area (Å²) in [5.74, 6) is 0.395. The summed E-state index contributed by atoms with van der Waals surface area (Å²) in [6, 6.07) is 5.96. The van der Waals surface area contributed by atoms with Crippen LogP contribution >= 0.6 is 0 Å². The molecule has 2 fully saturated rings. The van der Waals surface area contributed by atoms with Crippen LogP contribution in [0, 0.1) is 0 Å². The minimum absolute atomic E-state index is 0.0711. The molecule has 3 aliphatic heterocycles. The molecule has 7 nitrogen and oxygen atoms in total. The zero-order chi connectivity index (χ0) is 29.9. The van der Waals surface area contributed by atoms with Gasteiger partial charge in [-0.15, -0.1) is 0 Å². The largest absolute Gasteiger partial charge is 0.478 e. The number of anilines is 1. The number of piperidine rings is 2. The van der Waals surface area contributed by atoms with Crippen molar-refractivity contribution in [3.05, 3.63) is 53.6 Å². The smallest absolute Gasteiger partial charge is 0.401 e. The van der Waals surface area contributed by atoms with Crippen LogP contribution in [0.1, 0.15) is 56.6 Å². The second kappa shape index (κ2) is 12.6. The molecule has 0 aliphatic carbocycles. The number of alkyl halides is 3. The van der Waals surface area contributed by atoms with E-state index in [1.165, 1.54) is 24.2 Å². The van der Waals surface area contributed by atoms with Crippen molar-refractivity contribution in [2.75, 3.05) is 57.8 Å². The average molecular weight is 584 g/mol. The number of allylic oxidation sites excluding steroid dienone is 3. The molecule has 4 heterocycles. The van der Waals surface area contributed by atoms with E-state index in [4.69, 9.17) is 4.74 Å². The van der Waals surface area contributed by atoms with Crippen molar-refractivity contribution >= 4 is 34.8 Å². The van der Waals surface area contributed by atoms with Gasteiger partial charge in [0.1, 0.15) is 0 Å². The Kier molecular flexibility index (Phi) is 9.03. The number of likely N-dealkylation sites (N-methyl/N-ethyl adjacent to an activating group) is 1. The van der Waals surface area contributed by atoms with Gasteiger partial charge in [-0.25, -0.2) is 4.99 Å². The average Bonchev–Trinajstić information content (AvgIpc) is 3.19. The number of amides is 1. The second-order valence-corrected chi connectivity index (χ2v) is 11.7. The van der Waals surface area contributed by atoms with E-state index in [-0.39, 0.29) is 19.0 Å². The number of hydrogen-bond donors (Lipinski definition) is 0. The Hall–Kier alpha value is -3.24. The van der Waals surface area contributed by atoms with E-state index in [0.717, 1.165) is 59.3 Å². The van der Waals surface area contributed by atoms with Gasteiger partial charge in [0.05, 0.1) is 36.0 Å². The Balaban J connectivity index is 1.35. The van der Waals surface area contributed by atoms with Crippen LogP contribution in [-0.4, -0.2) is 86.5 Å². The minimum atomic E-state index is -4.26. The molecule has 2 saturated heterocycles. The van der Waals surface area contributed by atoms with Crippen LogP contribution in [0.5, 0.6) is 0 Å². The number of aromatic nitrogens is 1. The number of fused-ring (bicyclic) bond motifs is 4. The molecule has 1 aromatic carbocycles. The van der Waals surface area contributed by atoms with Gasteiger partial charge in [-0.05, 0) is 95.2 Å². The van der Waals surface area contributed by atoms with Gasteiger partial charge in [0.25, 0.3) is 0 Å². The van der Waals surface area contributed by atoms with Gasteiger partial charge >= 0.3 is 6.18 Å². The third-order valence-corrected chi connectivity index (χ3v) is 8.92. The number of carbonyl (C=O) groups is 1. The summed E-state index contributed by atoms with van der Waals surface area (Å²) in [5, 5.41) is 0.861. The van der Waals surface area contributed by atoms with Crippen molar-refractivity contribution in [3.63, 3.8) is 0 Å². The summed E-state index contributed by atoms with van der Waals surface area (Å²) in [6.45, 7) is 9.04. The predicted octanol–water partition coefficient (Wildman–Crippen LogP) is 5.95. The lowest BCUT2D eigenvalue weighted by molar-refractivity contribution is -0.150. The summed E-state index contributed by atoms with van der Waals surface area (Å²) in [6.07, 6.45) is 6.67. The molecule has 0 bridgehead atoms. The van der Waals surface area contributed by atoms with Gasteiger partial charge in [0.15, 0.2) is 0 Å². The van der Waals surface area contributed by atoms with Gasteiger partial charge in [0.2, 0.25) is 11.8 Å². The third-order valence-electron chi connectivity index (χ3n) is 8.92. The summed E-state index contributed by atoms with van der Waals surface area (Å²) >= 11 is 0. The Labute approximate surface area is 245 Å². The molecule has 0 unspecified atom stereocenters. The number of benzene rings is 1. The van der Waals surface area contributed by atoms with Crippen LogP contribution in [-0.2, 0) is 14.9 Å². The topological polar surface area (TPSA) is 61.3 Å². The van der Waals surface area contributed by atoms with Crippen molar-refractivity contribution in [2.45, 2.75) is 57.0 Å². The van der Waals surface area contributed by atoms with Crippen molar-refractivity contribution in [1.82, 2.24) is 14.8 Å². The molecular formula is C32H40F3N5O2. The summed E-state index contributed by atoms with van der Waals surface area (Å²) in [4.78, 5) is 27.7. The number of carbonyl (C=O) groups excluding carboxylic acids is 1. The molecule has 5 rings (SSSR count). The number of hydrogen-bond acceptors (Lipinski definition) is 6. The number of nitrogens with zero attached hydrogens (tertiary/aromatic N) is 5.